The van der Waals surface area contributed by atoms with Gasteiger partial charge in [-0.25, -0.2) is 0 Å². The standard InChI is InChI=1S/C13H14N2O2/c16-12-4-2-1-3-10(12)6-8-15-13(17)11-5-7-14-9-11/h1-5,7,9,14,16H,6,8H2,(H,15,17). The van der Waals surface area contributed by atoms with Gasteiger partial charge in [0.1, 0.15) is 5.75 Å². The molecule has 0 aliphatic carbocycles. The fourth-order valence-corrected chi connectivity index (χ4v) is 1.60. The van der Waals surface area contributed by atoms with Crippen LogP contribution in [0.3, 0.4) is 0 Å². The van der Waals surface area contributed by atoms with Gasteiger partial charge in [0.25, 0.3) is 5.91 Å². The van der Waals surface area contributed by atoms with Gasteiger partial charge in [0.05, 0.1) is 5.56 Å². The summed E-state index contributed by atoms with van der Waals surface area (Å²) in [6.45, 7) is 0.502. The van der Waals surface area contributed by atoms with Crippen molar-refractivity contribution in [2.24, 2.45) is 0 Å². The van der Waals surface area contributed by atoms with Crippen LogP contribution in [0.15, 0.2) is 42.7 Å². The Hall–Kier alpha value is -2.23. The molecule has 4 nitrogen and oxygen atoms in total. The SMILES string of the molecule is O=C(NCCc1ccccc1O)c1cc[nH]c1. The predicted molar refractivity (Wildman–Crippen MR) is 64.9 cm³/mol. The fraction of sp³-hybridized carbons (Fsp3) is 0.154. The Balaban J connectivity index is 1.84. The normalized spacial score (nSPS) is 10.1. The first-order valence-electron chi connectivity index (χ1n) is 5.45. The highest BCUT2D eigenvalue weighted by molar-refractivity contribution is 5.93. The third-order valence-corrected chi connectivity index (χ3v) is 2.53. The second kappa shape index (κ2) is 5.21. The highest BCUT2D eigenvalue weighted by Gasteiger charge is 2.05. The van der Waals surface area contributed by atoms with Gasteiger partial charge >= 0.3 is 0 Å². The number of phenols is 1. The molecule has 3 N–H and O–H groups in total. The molecule has 1 amide bonds. The summed E-state index contributed by atoms with van der Waals surface area (Å²) in [4.78, 5) is 14.4. The maximum atomic E-state index is 11.6. The van der Waals surface area contributed by atoms with Gasteiger partial charge in [-0.05, 0) is 24.1 Å². The van der Waals surface area contributed by atoms with Crippen LogP contribution in [0.2, 0.25) is 0 Å². The van der Waals surface area contributed by atoms with Crippen molar-refractivity contribution in [2.45, 2.75) is 6.42 Å². The molecule has 0 saturated carbocycles. The van der Waals surface area contributed by atoms with Crippen LogP contribution < -0.4 is 5.32 Å². The van der Waals surface area contributed by atoms with E-state index < -0.39 is 0 Å². The number of phenolic OH excluding ortho intramolecular Hbond substituents is 1. The molecule has 0 aliphatic rings. The number of H-pyrrole nitrogens is 1. The van der Waals surface area contributed by atoms with Crippen LogP contribution in [-0.4, -0.2) is 22.5 Å². The van der Waals surface area contributed by atoms with Gasteiger partial charge in [-0.3, -0.25) is 4.79 Å². The Morgan fingerprint density at radius 1 is 1.29 bits per heavy atom. The molecule has 0 fully saturated rings. The predicted octanol–water partition coefficient (Wildman–Crippen LogP) is 1.69. The number of amides is 1. The van der Waals surface area contributed by atoms with Crippen LogP contribution >= 0.6 is 0 Å². The molecular formula is C13H14N2O2. The molecule has 2 aromatic rings. The molecule has 0 spiro atoms. The molecule has 0 bridgehead atoms. The van der Waals surface area contributed by atoms with Gasteiger partial charge in [0.2, 0.25) is 0 Å². The van der Waals surface area contributed by atoms with Gasteiger partial charge < -0.3 is 15.4 Å². The van der Waals surface area contributed by atoms with E-state index in [9.17, 15) is 9.90 Å². The molecule has 17 heavy (non-hydrogen) atoms. The first-order chi connectivity index (χ1) is 8.27. The zero-order chi connectivity index (χ0) is 12.1. The molecule has 88 valence electrons. The topological polar surface area (TPSA) is 65.1 Å². The van der Waals surface area contributed by atoms with E-state index in [1.165, 1.54) is 0 Å². The Kier molecular flexibility index (Phi) is 3.45. The maximum Gasteiger partial charge on any atom is 0.252 e. The molecule has 0 unspecified atom stereocenters. The van der Waals surface area contributed by atoms with Crippen molar-refractivity contribution >= 4 is 5.91 Å². The van der Waals surface area contributed by atoms with Crippen molar-refractivity contribution in [1.82, 2.24) is 10.3 Å². The molecule has 1 aromatic heterocycles. The molecule has 0 saturated heterocycles. The van der Waals surface area contributed by atoms with Crippen LogP contribution in [0.25, 0.3) is 0 Å². The zero-order valence-corrected chi connectivity index (χ0v) is 9.31. The van der Waals surface area contributed by atoms with Gasteiger partial charge in [-0.2, -0.15) is 0 Å². The van der Waals surface area contributed by atoms with E-state index in [4.69, 9.17) is 0 Å². The molecule has 2 rings (SSSR count). The molecule has 1 aromatic carbocycles. The van der Waals surface area contributed by atoms with Crippen molar-refractivity contribution in [3.8, 4) is 5.75 Å². The van der Waals surface area contributed by atoms with Crippen LogP contribution in [0.4, 0.5) is 0 Å². The summed E-state index contributed by atoms with van der Waals surface area (Å²) in [5.74, 6) is 0.157. The molecular weight excluding hydrogens is 216 g/mol. The summed E-state index contributed by atoms with van der Waals surface area (Å²) < 4.78 is 0. The van der Waals surface area contributed by atoms with Gasteiger partial charge in [0, 0.05) is 18.9 Å². The number of aromatic amines is 1. The number of rotatable bonds is 4. The van der Waals surface area contributed by atoms with Crippen LogP contribution in [0, 0.1) is 0 Å². The number of nitrogens with one attached hydrogen (secondary N) is 2. The third-order valence-electron chi connectivity index (χ3n) is 2.53. The number of para-hydroxylation sites is 1. The van der Waals surface area contributed by atoms with E-state index in [0.29, 0.717) is 18.5 Å². The van der Waals surface area contributed by atoms with E-state index in [-0.39, 0.29) is 11.7 Å². The Bertz CT molecular complexity index is 492. The van der Waals surface area contributed by atoms with Crippen molar-refractivity contribution in [3.63, 3.8) is 0 Å². The smallest absolute Gasteiger partial charge is 0.252 e. The average Bonchev–Trinajstić information content (AvgIpc) is 2.85. The Morgan fingerprint density at radius 2 is 2.12 bits per heavy atom. The van der Waals surface area contributed by atoms with Crippen molar-refractivity contribution in [3.05, 3.63) is 53.9 Å². The second-order valence-electron chi connectivity index (χ2n) is 3.73. The first-order valence-corrected chi connectivity index (χ1v) is 5.45. The minimum absolute atomic E-state index is 0.110. The molecule has 0 atom stereocenters. The number of carbonyl (C=O) groups excluding carboxylic acids is 1. The van der Waals surface area contributed by atoms with E-state index in [0.717, 1.165) is 5.56 Å². The van der Waals surface area contributed by atoms with E-state index in [1.807, 2.05) is 12.1 Å². The van der Waals surface area contributed by atoms with Gasteiger partial charge in [-0.15, -0.1) is 0 Å². The van der Waals surface area contributed by atoms with E-state index in [2.05, 4.69) is 10.3 Å². The maximum absolute atomic E-state index is 11.6. The van der Waals surface area contributed by atoms with E-state index >= 15 is 0 Å². The van der Waals surface area contributed by atoms with Crippen molar-refractivity contribution in [2.75, 3.05) is 6.54 Å². The van der Waals surface area contributed by atoms with Crippen molar-refractivity contribution < 1.29 is 9.90 Å². The minimum atomic E-state index is -0.110. The lowest BCUT2D eigenvalue weighted by Crippen LogP contribution is -2.25. The summed E-state index contributed by atoms with van der Waals surface area (Å²) in [6, 6.07) is 8.84. The lowest BCUT2D eigenvalue weighted by Gasteiger charge is -2.05. The summed E-state index contributed by atoms with van der Waals surface area (Å²) in [6.07, 6.45) is 3.97. The zero-order valence-electron chi connectivity index (χ0n) is 9.31. The summed E-state index contributed by atoms with van der Waals surface area (Å²) in [5.41, 5.74) is 1.45. The first kappa shape index (κ1) is 11.3. The lowest BCUT2D eigenvalue weighted by atomic mass is 10.1. The number of hydrogen-bond donors (Lipinski definition) is 3. The number of aromatic nitrogens is 1. The number of carbonyl (C=O) groups is 1. The highest BCUT2D eigenvalue weighted by Crippen LogP contribution is 2.15. The quantitative estimate of drug-likeness (QED) is 0.748. The molecule has 0 aliphatic heterocycles. The Labute approximate surface area is 99.3 Å². The Morgan fingerprint density at radius 3 is 2.82 bits per heavy atom. The summed E-state index contributed by atoms with van der Waals surface area (Å²) in [5, 5.41) is 12.3. The molecule has 0 radical (unpaired) electrons. The second-order valence-corrected chi connectivity index (χ2v) is 3.73. The van der Waals surface area contributed by atoms with Gasteiger partial charge in [-0.1, -0.05) is 18.2 Å². The third kappa shape index (κ3) is 2.87. The summed E-state index contributed by atoms with van der Waals surface area (Å²) in [7, 11) is 0. The fourth-order valence-electron chi connectivity index (χ4n) is 1.60. The van der Waals surface area contributed by atoms with Crippen molar-refractivity contribution in [1.29, 1.82) is 0 Å². The van der Waals surface area contributed by atoms with Crippen LogP contribution in [-0.2, 0) is 6.42 Å². The van der Waals surface area contributed by atoms with Crippen LogP contribution in [0.5, 0.6) is 5.75 Å². The monoisotopic (exact) mass is 230 g/mol. The number of benzene rings is 1. The minimum Gasteiger partial charge on any atom is -0.508 e. The molecule has 4 heteroatoms. The number of aromatic hydroxyl groups is 1. The highest BCUT2D eigenvalue weighted by atomic mass is 16.3. The lowest BCUT2D eigenvalue weighted by molar-refractivity contribution is 0.0954. The average molecular weight is 230 g/mol. The van der Waals surface area contributed by atoms with Gasteiger partial charge in [0.15, 0.2) is 0 Å². The molecule has 1 heterocycles. The number of hydrogen-bond acceptors (Lipinski definition) is 2. The van der Waals surface area contributed by atoms with Crippen LogP contribution in [0.1, 0.15) is 15.9 Å². The largest absolute Gasteiger partial charge is 0.508 e. The van der Waals surface area contributed by atoms with E-state index in [1.54, 1.807) is 30.6 Å². The summed E-state index contributed by atoms with van der Waals surface area (Å²) >= 11 is 0.